The monoisotopic (exact) mass is 371 g/mol. The standard InChI is InChI=1S/C18H9F6S/c19-10-1-11(20)5-16(4-10)25(17-6-12(21)2-13(22)7-17)18-8-14(23)3-15(24)9-18/h1-9H/q+1. The van der Waals surface area contributed by atoms with E-state index in [1.54, 1.807) is 0 Å². The largest absolute Gasteiger partial charge is 0.207 e. The minimum atomic E-state index is -1.52. The van der Waals surface area contributed by atoms with E-state index in [2.05, 4.69) is 0 Å². The molecule has 0 aromatic heterocycles. The Morgan fingerprint density at radius 1 is 0.360 bits per heavy atom. The van der Waals surface area contributed by atoms with Crippen LogP contribution in [0.1, 0.15) is 0 Å². The zero-order valence-electron chi connectivity index (χ0n) is 12.4. The molecular weight excluding hydrogens is 362 g/mol. The Morgan fingerprint density at radius 2 is 0.560 bits per heavy atom. The number of halogens is 6. The van der Waals surface area contributed by atoms with Crippen LogP contribution in [0.25, 0.3) is 0 Å². The fourth-order valence-electron chi connectivity index (χ4n) is 2.35. The maximum absolute atomic E-state index is 13.6. The first-order chi connectivity index (χ1) is 11.8. The number of hydrogen-bond donors (Lipinski definition) is 0. The van der Waals surface area contributed by atoms with E-state index in [1.807, 2.05) is 0 Å². The van der Waals surface area contributed by atoms with E-state index >= 15 is 0 Å². The van der Waals surface area contributed by atoms with Gasteiger partial charge in [-0.15, -0.1) is 0 Å². The highest BCUT2D eigenvalue weighted by Gasteiger charge is 2.32. The Labute approximate surface area is 142 Å². The molecule has 3 aromatic rings. The lowest BCUT2D eigenvalue weighted by molar-refractivity contribution is 0.575. The van der Waals surface area contributed by atoms with Crippen molar-refractivity contribution in [2.24, 2.45) is 0 Å². The van der Waals surface area contributed by atoms with Crippen molar-refractivity contribution in [3.63, 3.8) is 0 Å². The van der Waals surface area contributed by atoms with Gasteiger partial charge in [-0.3, -0.25) is 0 Å². The van der Waals surface area contributed by atoms with E-state index in [0.717, 1.165) is 36.4 Å². The zero-order chi connectivity index (χ0) is 18.1. The van der Waals surface area contributed by atoms with Gasteiger partial charge in [-0.25, -0.2) is 26.3 Å². The maximum atomic E-state index is 13.6. The molecule has 0 bridgehead atoms. The molecule has 0 saturated carbocycles. The fourth-order valence-corrected chi connectivity index (χ4v) is 4.55. The van der Waals surface area contributed by atoms with Gasteiger partial charge in [0.2, 0.25) is 0 Å². The number of rotatable bonds is 3. The van der Waals surface area contributed by atoms with Crippen LogP contribution in [0.5, 0.6) is 0 Å². The SMILES string of the molecule is Fc1cc(F)cc([S+](c2cc(F)cc(F)c2)c2cc(F)cc(F)c2)c1. The third-order valence-corrected chi connectivity index (χ3v) is 5.34. The van der Waals surface area contributed by atoms with Crippen LogP contribution in [-0.4, -0.2) is 0 Å². The van der Waals surface area contributed by atoms with Crippen molar-refractivity contribution in [2.45, 2.75) is 14.7 Å². The molecule has 128 valence electrons. The molecule has 0 unspecified atom stereocenters. The lowest BCUT2D eigenvalue weighted by atomic mass is 10.3. The summed E-state index contributed by atoms with van der Waals surface area (Å²) >= 11 is 0. The summed E-state index contributed by atoms with van der Waals surface area (Å²) in [5, 5.41) is 0. The second-order valence-electron chi connectivity index (χ2n) is 5.12. The summed E-state index contributed by atoms with van der Waals surface area (Å²) in [5.74, 6) is -5.49. The molecule has 3 rings (SSSR count). The lowest BCUT2D eigenvalue weighted by Gasteiger charge is -2.09. The number of hydrogen-bond acceptors (Lipinski definition) is 0. The minimum Gasteiger partial charge on any atom is -0.207 e. The van der Waals surface area contributed by atoms with Crippen LogP contribution in [0, 0.1) is 34.9 Å². The summed E-state index contributed by atoms with van der Waals surface area (Å²) in [5.41, 5.74) is 0. The van der Waals surface area contributed by atoms with Crippen molar-refractivity contribution in [3.05, 3.63) is 89.5 Å². The summed E-state index contributed by atoms with van der Waals surface area (Å²) in [7, 11) is -1.52. The van der Waals surface area contributed by atoms with Gasteiger partial charge in [0, 0.05) is 54.6 Å². The zero-order valence-corrected chi connectivity index (χ0v) is 13.2. The average Bonchev–Trinajstić information content (AvgIpc) is 2.44. The molecule has 0 fully saturated rings. The molecule has 0 aliphatic rings. The predicted octanol–water partition coefficient (Wildman–Crippen LogP) is 5.62. The Bertz CT molecular complexity index is 758. The summed E-state index contributed by atoms with van der Waals surface area (Å²) in [6, 6.07) is 7.62. The molecule has 0 amide bonds. The van der Waals surface area contributed by atoms with Crippen LogP contribution in [0.2, 0.25) is 0 Å². The topological polar surface area (TPSA) is 0 Å². The van der Waals surface area contributed by atoms with Crippen LogP contribution in [0.3, 0.4) is 0 Å². The highest BCUT2D eigenvalue weighted by Crippen LogP contribution is 2.33. The van der Waals surface area contributed by atoms with Gasteiger partial charge in [0.05, 0.1) is 10.9 Å². The molecule has 0 aliphatic heterocycles. The van der Waals surface area contributed by atoms with Crippen molar-refractivity contribution < 1.29 is 26.3 Å². The van der Waals surface area contributed by atoms with Crippen LogP contribution in [0.4, 0.5) is 26.3 Å². The summed E-state index contributed by atoms with van der Waals surface area (Å²) in [4.78, 5) is -0.0208. The molecule has 0 heterocycles. The Hall–Kier alpha value is -2.41. The smallest absolute Gasteiger partial charge is 0.172 e. The van der Waals surface area contributed by atoms with Crippen molar-refractivity contribution >= 4 is 10.9 Å². The van der Waals surface area contributed by atoms with E-state index < -0.39 is 45.8 Å². The first-order valence-electron chi connectivity index (χ1n) is 6.94. The Morgan fingerprint density at radius 3 is 0.760 bits per heavy atom. The molecule has 0 radical (unpaired) electrons. The van der Waals surface area contributed by atoms with Crippen molar-refractivity contribution in [3.8, 4) is 0 Å². The van der Waals surface area contributed by atoms with Gasteiger partial charge in [-0.05, 0) is 0 Å². The van der Waals surface area contributed by atoms with E-state index in [0.29, 0.717) is 18.2 Å². The molecule has 0 aliphatic carbocycles. The molecule has 7 heteroatoms. The second kappa shape index (κ2) is 6.84. The molecule has 0 spiro atoms. The van der Waals surface area contributed by atoms with Crippen molar-refractivity contribution in [2.75, 3.05) is 0 Å². The first kappa shape index (κ1) is 17.4. The van der Waals surface area contributed by atoms with Crippen molar-refractivity contribution in [1.29, 1.82) is 0 Å². The lowest BCUT2D eigenvalue weighted by Crippen LogP contribution is -2.08. The first-order valence-corrected chi connectivity index (χ1v) is 8.17. The Kier molecular flexibility index (Phi) is 4.76. The average molecular weight is 371 g/mol. The molecule has 0 atom stereocenters. The van der Waals surface area contributed by atoms with Gasteiger partial charge >= 0.3 is 0 Å². The van der Waals surface area contributed by atoms with Crippen LogP contribution < -0.4 is 0 Å². The van der Waals surface area contributed by atoms with Gasteiger partial charge in [0.1, 0.15) is 34.9 Å². The maximum Gasteiger partial charge on any atom is 0.172 e. The Balaban J connectivity index is 2.27. The normalized spacial score (nSPS) is 11.2. The quantitative estimate of drug-likeness (QED) is 0.414. The van der Waals surface area contributed by atoms with Gasteiger partial charge < -0.3 is 0 Å². The van der Waals surface area contributed by atoms with Gasteiger partial charge in [0.15, 0.2) is 14.7 Å². The highest BCUT2D eigenvalue weighted by molar-refractivity contribution is 7.97. The van der Waals surface area contributed by atoms with E-state index in [-0.39, 0.29) is 14.7 Å². The number of benzene rings is 3. The van der Waals surface area contributed by atoms with Crippen LogP contribution in [0.15, 0.2) is 69.3 Å². The van der Waals surface area contributed by atoms with Gasteiger partial charge in [-0.2, -0.15) is 0 Å². The van der Waals surface area contributed by atoms with Crippen LogP contribution >= 0.6 is 0 Å². The molecule has 25 heavy (non-hydrogen) atoms. The van der Waals surface area contributed by atoms with E-state index in [9.17, 15) is 26.3 Å². The molecule has 3 aromatic carbocycles. The summed E-state index contributed by atoms with van der Waals surface area (Å²) in [6.07, 6.45) is 0. The third-order valence-electron chi connectivity index (χ3n) is 3.22. The minimum absolute atomic E-state index is 0.00694. The predicted molar refractivity (Wildman–Crippen MR) is 81.2 cm³/mol. The van der Waals surface area contributed by atoms with Crippen LogP contribution in [-0.2, 0) is 10.9 Å². The fraction of sp³-hybridized carbons (Fsp3) is 0. The second-order valence-corrected chi connectivity index (χ2v) is 7.15. The summed E-state index contributed by atoms with van der Waals surface area (Å²) in [6.45, 7) is 0. The van der Waals surface area contributed by atoms with Gasteiger partial charge in [0.25, 0.3) is 0 Å². The van der Waals surface area contributed by atoms with Gasteiger partial charge in [-0.1, -0.05) is 0 Å². The van der Waals surface area contributed by atoms with E-state index in [1.165, 1.54) is 0 Å². The van der Waals surface area contributed by atoms with Crippen molar-refractivity contribution in [1.82, 2.24) is 0 Å². The third kappa shape index (κ3) is 3.99. The highest BCUT2D eigenvalue weighted by atomic mass is 32.2. The summed E-state index contributed by atoms with van der Waals surface area (Å²) < 4.78 is 81.6. The molecule has 0 saturated heterocycles. The molecule has 0 N–H and O–H groups in total. The molecular formula is C18H9F6S+. The van der Waals surface area contributed by atoms with E-state index in [4.69, 9.17) is 0 Å². The molecule has 0 nitrogen and oxygen atoms in total.